The first-order chi connectivity index (χ1) is 13.4. The third-order valence-electron chi connectivity index (χ3n) is 4.71. The van der Waals surface area contributed by atoms with Crippen LogP contribution < -0.4 is 10.6 Å². The molecule has 0 fully saturated rings. The number of nitrogens with zero attached hydrogens (tertiary/aromatic N) is 3. The van der Waals surface area contributed by atoms with Crippen molar-refractivity contribution < 1.29 is 4.79 Å². The number of ketones is 1. The minimum atomic E-state index is 0.152. The highest BCUT2D eigenvalue weighted by Gasteiger charge is 2.13. The average molecular weight is 379 g/mol. The Labute approximate surface area is 167 Å². The van der Waals surface area contributed by atoms with E-state index in [0.717, 1.165) is 34.9 Å². The van der Waals surface area contributed by atoms with Gasteiger partial charge in [-0.15, -0.1) is 0 Å². The molecule has 0 aliphatic rings. The van der Waals surface area contributed by atoms with Gasteiger partial charge in [-0.1, -0.05) is 24.8 Å². The number of allylic oxidation sites excluding steroid dienone is 4. The number of carbonyl (C=O) groups is 1. The number of rotatable bonds is 9. The van der Waals surface area contributed by atoms with Crippen LogP contribution in [-0.2, 0) is 11.2 Å². The quantitative estimate of drug-likeness (QED) is 0.639. The molecular weight excluding hydrogens is 348 g/mol. The van der Waals surface area contributed by atoms with Crippen molar-refractivity contribution in [2.75, 3.05) is 17.2 Å². The van der Waals surface area contributed by atoms with E-state index < -0.39 is 0 Å². The molecule has 0 unspecified atom stereocenters. The highest BCUT2D eigenvalue weighted by atomic mass is 16.1. The van der Waals surface area contributed by atoms with Crippen molar-refractivity contribution >= 4 is 23.0 Å². The minimum Gasteiger partial charge on any atom is -0.383 e. The summed E-state index contributed by atoms with van der Waals surface area (Å²) in [6.45, 7) is 12.4. The van der Waals surface area contributed by atoms with Crippen molar-refractivity contribution in [3.8, 4) is 0 Å². The summed E-state index contributed by atoms with van der Waals surface area (Å²) in [7, 11) is 0. The van der Waals surface area contributed by atoms with E-state index in [-0.39, 0.29) is 5.78 Å². The third-order valence-corrected chi connectivity index (χ3v) is 4.71. The molecule has 1 aromatic carbocycles. The van der Waals surface area contributed by atoms with E-state index >= 15 is 0 Å². The van der Waals surface area contributed by atoms with Gasteiger partial charge in [-0.05, 0) is 64.5 Å². The maximum atomic E-state index is 11.3. The van der Waals surface area contributed by atoms with Gasteiger partial charge in [-0.3, -0.25) is 0 Å². The summed E-state index contributed by atoms with van der Waals surface area (Å²) in [5.41, 5.74) is 11.1. The van der Waals surface area contributed by atoms with E-state index in [4.69, 9.17) is 5.73 Å². The molecule has 0 saturated carbocycles. The van der Waals surface area contributed by atoms with Crippen molar-refractivity contribution in [3.63, 3.8) is 0 Å². The van der Waals surface area contributed by atoms with E-state index in [1.807, 2.05) is 50.3 Å². The molecule has 1 aromatic heterocycles. The molecule has 5 nitrogen and oxygen atoms in total. The Morgan fingerprint density at radius 2 is 1.93 bits per heavy atom. The predicted molar refractivity (Wildman–Crippen MR) is 118 cm³/mol. The maximum Gasteiger partial charge on any atom is 0.130 e. The van der Waals surface area contributed by atoms with Crippen LogP contribution in [0.3, 0.4) is 0 Å². The topological polar surface area (TPSA) is 64.1 Å². The van der Waals surface area contributed by atoms with Gasteiger partial charge in [0.15, 0.2) is 0 Å². The van der Waals surface area contributed by atoms with E-state index in [1.165, 1.54) is 0 Å². The Hall–Kier alpha value is -3.08. The molecule has 0 atom stereocenters. The summed E-state index contributed by atoms with van der Waals surface area (Å²) in [5.74, 6) is 0.759. The predicted octanol–water partition coefficient (Wildman–Crippen LogP) is 4.75. The maximum absolute atomic E-state index is 11.3. The van der Waals surface area contributed by atoms with Gasteiger partial charge < -0.3 is 15.4 Å². The summed E-state index contributed by atoms with van der Waals surface area (Å²) in [6.07, 6.45) is 6.93. The first-order valence-corrected chi connectivity index (χ1v) is 9.56. The highest BCUT2D eigenvalue weighted by Crippen LogP contribution is 2.22. The Bertz CT molecular complexity index is 891. The monoisotopic (exact) mass is 378 g/mol. The van der Waals surface area contributed by atoms with Crippen LogP contribution in [-0.4, -0.2) is 22.1 Å². The number of hydrogen-bond acceptors (Lipinski definition) is 4. The second-order valence-electron chi connectivity index (χ2n) is 6.75. The number of nitrogens with two attached hydrogens (primary N) is 1. The lowest BCUT2D eigenvalue weighted by Gasteiger charge is -2.24. The smallest absolute Gasteiger partial charge is 0.130 e. The van der Waals surface area contributed by atoms with Gasteiger partial charge in [-0.25, -0.2) is 4.68 Å². The molecule has 28 heavy (non-hydrogen) atoms. The lowest BCUT2D eigenvalue weighted by molar-refractivity contribution is -0.116. The first-order valence-electron chi connectivity index (χ1n) is 9.56. The summed E-state index contributed by atoms with van der Waals surface area (Å²) in [5, 5.41) is 4.61. The normalized spacial score (nSPS) is 12.1. The second-order valence-corrected chi connectivity index (χ2v) is 6.75. The standard InChI is InChI=1S/C23H30N4O/c1-6-20(26(7-2)21-11-9-8-10-12-21)15-13-17(3)27-23(24)19(5)22(25-27)16-14-18(4)28/h6,8-13,15H,1,7,14,16,24H2,2-5H3/b17-13+,20-15+. The van der Waals surface area contributed by atoms with Crippen molar-refractivity contribution in [1.82, 2.24) is 9.78 Å². The molecule has 148 valence electrons. The van der Waals surface area contributed by atoms with Crippen LogP contribution in [0.25, 0.3) is 5.70 Å². The zero-order valence-electron chi connectivity index (χ0n) is 17.3. The highest BCUT2D eigenvalue weighted by molar-refractivity contribution is 5.75. The van der Waals surface area contributed by atoms with Crippen molar-refractivity contribution in [2.24, 2.45) is 0 Å². The molecule has 0 aliphatic heterocycles. The van der Waals surface area contributed by atoms with Crippen LogP contribution in [0.5, 0.6) is 0 Å². The summed E-state index contributed by atoms with van der Waals surface area (Å²) >= 11 is 0. The van der Waals surface area contributed by atoms with Gasteiger partial charge in [-0.2, -0.15) is 5.10 Å². The van der Waals surface area contributed by atoms with Gasteiger partial charge in [0.1, 0.15) is 11.6 Å². The molecule has 0 aliphatic carbocycles. The van der Waals surface area contributed by atoms with Crippen LogP contribution in [0.15, 0.2) is 60.8 Å². The average Bonchev–Trinajstić information content (AvgIpc) is 2.98. The number of benzene rings is 1. The minimum absolute atomic E-state index is 0.152. The van der Waals surface area contributed by atoms with E-state index in [9.17, 15) is 4.79 Å². The van der Waals surface area contributed by atoms with Gasteiger partial charge in [0.25, 0.3) is 0 Å². The zero-order valence-corrected chi connectivity index (χ0v) is 17.3. The fourth-order valence-electron chi connectivity index (χ4n) is 3.02. The molecule has 0 saturated heterocycles. The zero-order chi connectivity index (χ0) is 20.7. The van der Waals surface area contributed by atoms with Gasteiger partial charge >= 0.3 is 0 Å². The number of aromatic nitrogens is 2. The fourth-order valence-corrected chi connectivity index (χ4v) is 3.02. The molecule has 0 amide bonds. The molecule has 0 radical (unpaired) electrons. The van der Waals surface area contributed by atoms with Crippen LogP contribution >= 0.6 is 0 Å². The largest absolute Gasteiger partial charge is 0.383 e. The second kappa shape index (κ2) is 9.74. The Balaban J connectivity index is 2.31. The van der Waals surface area contributed by atoms with Crippen LogP contribution in [0, 0.1) is 6.92 Å². The number of likely N-dealkylation sites (N-methyl/N-ethyl adjacent to an activating group) is 1. The Morgan fingerprint density at radius 1 is 1.25 bits per heavy atom. The third kappa shape index (κ3) is 5.00. The van der Waals surface area contributed by atoms with Crippen molar-refractivity contribution in [2.45, 2.75) is 40.5 Å². The fraction of sp³-hybridized carbons (Fsp3) is 0.304. The van der Waals surface area contributed by atoms with E-state index in [2.05, 4.69) is 35.6 Å². The Kier molecular flexibility index (Phi) is 7.38. The molecule has 0 bridgehead atoms. The number of nitrogen functional groups attached to an aromatic ring is 1. The first kappa shape index (κ1) is 21.2. The van der Waals surface area contributed by atoms with Crippen LogP contribution in [0.1, 0.15) is 38.4 Å². The molecular formula is C23H30N4O. The number of Topliss-reactive ketones (excluding diaryl/α,β-unsaturated/α-hetero) is 1. The van der Waals surface area contributed by atoms with Gasteiger partial charge in [0, 0.05) is 35.6 Å². The van der Waals surface area contributed by atoms with Crippen LogP contribution in [0.4, 0.5) is 11.5 Å². The molecule has 2 rings (SSSR count). The lowest BCUT2D eigenvalue weighted by Crippen LogP contribution is -2.20. The van der Waals surface area contributed by atoms with E-state index in [0.29, 0.717) is 18.7 Å². The molecule has 0 spiro atoms. The summed E-state index contributed by atoms with van der Waals surface area (Å²) < 4.78 is 1.74. The molecule has 5 heteroatoms. The molecule has 2 aromatic rings. The Morgan fingerprint density at radius 3 is 2.50 bits per heavy atom. The summed E-state index contributed by atoms with van der Waals surface area (Å²) in [6, 6.07) is 10.2. The lowest BCUT2D eigenvalue weighted by atomic mass is 10.1. The molecule has 2 N–H and O–H groups in total. The summed E-state index contributed by atoms with van der Waals surface area (Å²) in [4.78, 5) is 13.5. The van der Waals surface area contributed by atoms with Gasteiger partial charge in [0.2, 0.25) is 0 Å². The number of hydrogen-bond donors (Lipinski definition) is 1. The van der Waals surface area contributed by atoms with E-state index in [1.54, 1.807) is 11.6 Å². The number of para-hydroxylation sites is 1. The van der Waals surface area contributed by atoms with Crippen LogP contribution in [0.2, 0.25) is 0 Å². The SMILES string of the molecule is C=C/C(=C\C=C(/C)n1nc(CCC(C)=O)c(C)c1N)N(CC)c1ccccc1. The number of anilines is 2. The van der Waals surface area contributed by atoms with Crippen molar-refractivity contribution in [1.29, 1.82) is 0 Å². The number of carbonyl (C=O) groups excluding carboxylic acids is 1. The van der Waals surface area contributed by atoms with Gasteiger partial charge in [0.05, 0.1) is 5.69 Å². The molecule has 1 heterocycles. The number of aryl methyl sites for hydroxylation is 1. The van der Waals surface area contributed by atoms with Crippen molar-refractivity contribution in [3.05, 3.63) is 72.1 Å².